The molecule has 1 atom stereocenters. The van der Waals surface area contributed by atoms with E-state index >= 15 is 0 Å². The van der Waals surface area contributed by atoms with Crippen LogP contribution in [0.25, 0.3) is 0 Å². The molecule has 1 aromatic heterocycles. The van der Waals surface area contributed by atoms with E-state index in [1.54, 1.807) is 20.9 Å². The van der Waals surface area contributed by atoms with Gasteiger partial charge in [0.15, 0.2) is 17.3 Å². The molecule has 0 spiro atoms. The molecule has 0 aliphatic carbocycles. The van der Waals surface area contributed by atoms with Crippen molar-refractivity contribution in [1.82, 2.24) is 25.1 Å². The Morgan fingerprint density at radius 1 is 1.18 bits per heavy atom. The molecule has 1 fully saturated rings. The molecule has 0 radical (unpaired) electrons. The number of carbonyl (C=O) groups excluding carboxylic acids is 3. The predicted octanol–water partition coefficient (Wildman–Crippen LogP) is 1.46. The average molecular weight is 523 g/mol. The summed E-state index contributed by atoms with van der Waals surface area (Å²) in [5.41, 5.74) is 7.87. The zero-order valence-electron chi connectivity index (χ0n) is 22.8. The second-order valence-corrected chi connectivity index (χ2v) is 9.64. The fourth-order valence-electron chi connectivity index (χ4n) is 3.96. The molecular weight excluding hydrogens is 484 g/mol. The highest BCUT2D eigenvalue weighted by Crippen LogP contribution is 2.23. The molecule has 3 rings (SSSR count). The van der Waals surface area contributed by atoms with Crippen molar-refractivity contribution in [2.24, 2.45) is 5.73 Å². The maximum Gasteiger partial charge on any atom is 0.271 e. The fourth-order valence-corrected chi connectivity index (χ4v) is 3.96. The van der Waals surface area contributed by atoms with Crippen LogP contribution in [-0.2, 0) is 16.0 Å². The van der Waals surface area contributed by atoms with Crippen LogP contribution in [0.4, 0.5) is 17.3 Å². The molecule has 2 aromatic rings. The minimum atomic E-state index is -0.670. The van der Waals surface area contributed by atoms with Gasteiger partial charge >= 0.3 is 0 Å². The van der Waals surface area contributed by atoms with Crippen LogP contribution < -0.4 is 21.3 Å². The second-order valence-electron chi connectivity index (χ2n) is 9.64. The number of likely N-dealkylation sites (tertiary alicyclic amines) is 1. The molecule has 38 heavy (non-hydrogen) atoms. The molecule has 0 bridgehead atoms. The van der Waals surface area contributed by atoms with Crippen LogP contribution >= 0.6 is 0 Å². The van der Waals surface area contributed by atoms with Gasteiger partial charge in [-0.05, 0) is 57.5 Å². The quantitative estimate of drug-likeness (QED) is 0.357. The number of hydrogen-bond acceptors (Lipinski definition) is 8. The van der Waals surface area contributed by atoms with Crippen molar-refractivity contribution in [1.29, 1.82) is 0 Å². The lowest BCUT2D eigenvalue weighted by Crippen LogP contribution is -2.46. The molecule has 1 saturated heterocycles. The van der Waals surface area contributed by atoms with Crippen molar-refractivity contribution < 1.29 is 14.4 Å². The number of rotatable bonds is 12. The van der Waals surface area contributed by atoms with Gasteiger partial charge in [-0.2, -0.15) is 0 Å². The van der Waals surface area contributed by atoms with Crippen molar-refractivity contribution >= 4 is 35.0 Å². The number of nitrogens with one attached hydrogen (secondary N) is 2. The standard InChI is InChI=1S/C27H38N8O3/c1-18-26(33(3)4)32-25(23(30-18)24(28)37)31-21-10-6-9-20(17-21)12-13-29-27(38)19(2)34(5)22(36)11-7-14-35-15-8-16-35/h6-7,9-11,17,19H,8,12-16H2,1-5H3,(H2,28,37)(H,29,38)(H,31,32)/b11-7+/t19-/m0/s1. The number of hydrogen-bond donors (Lipinski definition) is 3. The number of likely N-dealkylation sites (N-methyl/N-ethyl adjacent to an activating group) is 1. The number of nitrogens with two attached hydrogens (primary N) is 1. The number of primary amides is 1. The molecule has 204 valence electrons. The third kappa shape index (κ3) is 7.51. The van der Waals surface area contributed by atoms with E-state index in [1.807, 2.05) is 49.3 Å². The number of carbonyl (C=O) groups is 3. The van der Waals surface area contributed by atoms with Crippen LogP contribution in [0, 0.1) is 6.92 Å². The molecule has 11 nitrogen and oxygen atoms in total. The molecule has 4 N–H and O–H groups in total. The lowest BCUT2D eigenvalue weighted by molar-refractivity contribution is -0.135. The monoisotopic (exact) mass is 522 g/mol. The van der Waals surface area contributed by atoms with E-state index in [0.717, 1.165) is 25.2 Å². The highest BCUT2D eigenvalue weighted by molar-refractivity contribution is 5.96. The molecule has 2 heterocycles. The molecule has 1 aromatic carbocycles. The van der Waals surface area contributed by atoms with Gasteiger partial charge in [-0.3, -0.25) is 19.3 Å². The first-order valence-corrected chi connectivity index (χ1v) is 12.7. The lowest BCUT2D eigenvalue weighted by Gasteiger charge is -2.29. The van der Waals surface area contributed by atoms with E-state index in [9.17, 15) is 14.4 Å². The molecule has 11 heteroatoms. The summed E-state index contributed by atoms with van der Waals surface area (Å²) in [6.07, 6.45) is 5.16. The van der Waals surface area contributed by atoms with E-state index < -0.39 is 11.9 Å². The van der Waals surface area contributed by atoms with Crippen molar-refractivity contribution in [3.63, 3.8) is 0 Å². The topological polar surface area (TPSA) is 137 Å². The van der Waals surface area contributed by atoms with Gasteiger partial charge in [0.2, 0.25) is 11.8 Å². The summed E-state index contributed by atoms with van der Waals surface area (Å²) in [5.74, 6) is -0.183. The first-order valence-electron chi connectivity index (χ1n) is 12.7. The van der Waals surface area contributed by atoms with Gasteiger partial charge in [-0.1, -0.05) is 18.2 Å². The Morgan fingerprint density at radius 2 is 1.92 bits per heavy atom. The summed E-state index contributed by atoms with van der Waals surface area (Å²) in [7, 11) is 5.32. The third-order valence-electron chi connectivity index (χ3n) is 6.49. The molecule has 0 unspecified atom stereocenters. The van der Waals surface area contributed by atoms with Crippen molar-refractivity contribution in [2.45, 2.75) is 32.7 Å². The van der Waals surface area contributed by atoms with Gasteiger partial charge in [-0.25, -0.2) is 9.97 Å². The number of aromatic nitrogens is 2. The second kappa shape index (κ2) is 13.0. The summed E-state index contributed by atoms with van der Waals surface area (Å²) in [4.78, 5) is 51.3. The van der Waals surface area contributed by atoms with Gasteiger partial charge in [0.25, 0.3) is 5.91 Å². The maximum atomic E-state index is 12.6. The lowest BCUT2D eigenvalue weighted by atomic mass is 10.1. The minimum Gasteiger partial charge on any atom is -0.364 e. The summed E-state index contributed by atoms with van der Waals surface area (Å²) in [6, 6.07) is 6.99. The Hall–Kier alpha value is -3.99. The maximum absolute atomic E-state index is 12.6. The largest absolute Gasteiger partial charge is 0.364 e. The predicted molar refractivity (Wildman–Crippen MR) is 148 cm³/mol. The van der Waals surface area contributed by atoms with E-state index in [2.05, 4.69) is 25.5 Å². The third-order valence-corrected chi connectivity index (χ3v) is 6.49. The van der Waals surface area contributed by atoms with Crippen LogP contribution in [0.15, 0.2) is 36.4 Å². The zero-order chi connectivity index (χ0) is 27.8. The zero-order valence-corrected chi connectivity index (χ0v) is 22.8. The highest BCUT2D eigenvalue weighted by Gasteiger charge is 2.21. The SMILES string of the molecule is Cc1nc(C(N)=O)c(Nc2cccc(CCNC(=O)[C@H](C)N(C)C(=O)/C=C/CN3CCC3)c2)nc1N(C)C. The average Bonchev–Trinajstić information content (AvgIpc) is 2.85. The Bertz CT molecular complexity index is 1190. The van der Waals surface area contributed by atoms with E-state index in [0.29, 0.717) is 30.2 Å². The van der Waals surface area contributed by atoms with Gasteiger partial charge in [-0.15, -0.1) is 0 Å². The van der Waals surface area contributed by atoms with E-state index in [1.165, 1.54) is 17.4 Å². The first-order chi connectivity index (χ1) is 18.1. The van der Waals surface area contributed by atoms with Gasteiger partial charge < -0.3 is 26.2 Å². The first kappa shape index (κ1) is 28.6. The number of benzene rings is 1. The van der Waals surface area contributed by atoms with Crippen molar-refractivity contribution in [3.8, 4) is 0 Å². The Labute approximate surface area is 224 Å². The Morgan fingerprint density at radius 3 is 2.55 bits per heavy atom. The van der Waals surface area contributed by atoms with Gasteiger partial charge in [0, 0.05) is 46.0 Å². The van der Waals surface area contributed by atoms with Crippen LogP contribution in [-0.4, -0.2) is 90.9 Å². The molecule has 0 saturated carbocycles. The highest BCUT2D eigenvalue weighted by atomic mass is 16.2. The number of aryl methyl sites for hydroxylation is 1. The van der Waals surface area contributed by atoms with Crippen molar-refractivity contribution in [3.05, 3.63) is 53.4 Å². The number of nitrogens with zero attached hydrogens (tertiary/aromatic N) is 5. The van der Waals surface area contributed by atoms with Crippen LogP contribution in [0.5, 0.6) is 0 Å². The molecule has 1 aliphatic heterocycles. The number of anilines is 3. The molecular formula is C27H38N8O3. The number of amides is 3. The van der Waals surface area contributed by atoms with Crippen LogP contribution in [0.3, 0.4) is 0 Å². The van der Waals surface area contributed by atoms with E-state index in [4.69, 9.17) is 5.73 Å². The molecule has 1 aliphatic rings. The van der Waals surface area contributed by atoms with Gasteiger partial charge in [0.05, 0.1) is 5.69 Å². The summed E-state index contributed by atoms with van der Waals surface area (Å²) >= 11 is 0. The van der Waals surface area contributed by atoms with Crippen LogP contribution in [0.1, 0.15) is 35.1 Å². The van der Waals surface area contributed by atoms with Crippen molar-refractivity contribution in [2.75, 3.05) is 57.5 Å². The Kier molecular flexibility index (Phi) is 9.78. The minimum absolute atomic E-state index is 0.0637. The summed E-state index contributed by atoms with van der Waals surface area (Å²) in [5, 5.41) is 6.05. The molecule has 3 amide bonds. The summed E-state index contributed by atoms with van der Waals surface area (Å²) in [6.45, 7) is 6.78. The Balaban J connectivity index is 1.56. The van der Waals surface area contributed by atoms with E-state index in [-0.39, 0.29) is 23.3 Å². The smallest absolute Gasteiger partial charge is 0.271 e. The van der Waals surface area contributed by atoms with Gasteiger partial charge in [0.1, 0.15) is 6.04 Å². The fraction of sp³-hybridized carbons (Fsp3) is 0.444. The summed E-state index contributed by atoms with van der Waals surface area (Å²) < 4.78 is 0. The normalized spacial score (nSPS) is 14.0. The van der Waals surface area contributed by atoms with Crippen LogP contribution in [0.2, 0.25) is 0 Å².